The first-order valence-corrected chi connectivity index (χ1v) is 12.6. The summed E-state index contributed by atoms with van der Waals surface area (Å²) < 4.78 is 5.22. The third-order valence-corrected chi connectivity index (χ3v) is 7.71. The van der Waals surface area contributed by atoms with Gasteiger partial charge in [-0.2, -0.15) is 0 Å². The molecule has 178 valence electrons. The van der Waals surface area contributed by atoms with Crippen LogP contribution in [0.3, 0.4) is 0 Å². The van der Waals surface area contributed by atoms with Crippen LogP contribution < -0.4 is 0 Å². The number of aromatic nitrogens is 1. The number of carbonyl (C=O) groups is 1. The molecule has 1 amide bonds. The number of ether oxygens (including phenoxy) is 1. The average Bonchev–Trinajstić information content (AvgIpc) is 2.92. The zero-order chi connectivity index (χ0) is 23.4. The summed E-state index contributed by atoms with van der Waals surface area (Å²) in [5.74, 6) is 0.571. The van der Waals surface area contributed by atoms with Crippen LogP contribution in [0.15, 0.2) is 36.5 Å². The van der Waals surface area contributed by atoms with Crippen LogP contribution in [0.4, 0.5) is 4.79 Å². The molecule has 1 aliphatic carbocycles. The molecule has 5 nitrogen and oxygen atoms in total. The van der Waals surface area contributed by atoms with Gasteiger partial charge < -0.3 is 14.7 Å². The number of rotatable bonds is 6. The molecule has 2 aromatic rings. The number of pyridine rings is 1. The molecule has 1 aromatic heterocycles. The van der Waals surface area contributed by atoms with Crippen molar-refractivity contribution in [2.45, 2.75) is 63.7 Å². The van der Waals surface area contributed by atoms with E-state index in [1.54, 1.807) is 0 Å². The maximum absolute atomic E-state index is 12.2. The van der Waals surface area contributed by atoms with Crippen molar-refractivity contribution in [3.8, 4) is 0 Å². The molecular formula is C27H35ClN2O3. The Bertz CT molecular complexity index is 974. The number of piperidine rings is 1. The van der Waals surface area contributed by atoms with Crippen molar-refractivity contribution in [2.75, 3.05) is 26.3 Å². The number of amides is 1. The van der Waals surface area contributed by atoms with Crippen molar-refractivity contribution in [3.63, 3.8) is 0 Å². The summed E-state index contributed by atoms with van der Waals surface area (Å²) in [6.07, 6.45) is 7.21. The zero-order valence-electron chi connectivity index (χ0n) is 19.7. The molecule has 0 radical (unpaired) electrons. The highest BCUT2D eigenvalue weighted by Gasteiger charge is 2.40. The van der Waals surface area contributed by atoms with Gasteiger partial charge in [-0.1, -0.05) is 37.1 Å². The lowest BCUT2D eigenvalue weighted by atomic mass is 9.71. The van der Waals surface area contributed by atoms with Crippen molar-refractivity contribution in [1.29, 1.82) is 0 Å². The van der Waals surface area contributed by atoms with Crippen molar-refractivity contribution in [3.05, 3.63) is 63.9 Å². The highest BCUT2D eigenvalue weighted by atomic mass is 35.5. The van der Waals surface area contributed by atoms with E-state index in [2.05, 4.69) is 25.1 Å². The standard InChI is InChI=1S/C27H35ClN2O3/c1-3-33-26(32)30-14-10-19(11-15-30)24-22-9-8-21(28)17-23(22)27(2,12-4-5-16-31)18-20-7-6-13-29-25(20)24/h6-9,13,17,19,24,31H,3-5,10-12,14-16,18H2,1-2H3. The van der Waals surface area contributed by atoms with Gasteiger partial charge in [-0.3, -0.25) is 4.98 Å². The lowest BCUT2D eigenvalue weighted by molar-refractivity contribution is 0.0900. The summed E-state index contributed by atoms with van der Waals surface area (Å²) in [5.41, 5.74) is 5.02. The second kappa shape index (κ2) is 10.4. The number of hydrogen-bond donors (Lipinski definition) is 1. The molecule has 6 heteroatoms. The van der Waals surface area contributed by atoms with Gasteiger partial charge in [0.1, 0.15) is 0 Å². The van der Waals surface area contributed by atoms with E-state index in [4.69, 9.17) is 21.3 Å². The van der Waals surface area contributed by atoms with Gasteiger partial charge >= 0.3 is 6.09 Å². The molecule has 33 heavy (non-hydrogen) atoms. The van der Waals surface area contributed by atoms with E-state index < -0.39 is 0 Å². The Balaban J connectivity index is 1.72. The molecule has 2 aliphatic rings. The van der Waals surface area contributed by atoms with Crippen LogP contribution in [0, 0.1) is 5.92 Å². The molecule has 0 spiro atoms. The predicted octanol–water partition coefficient (Wildman–Crippen LogP) is 5.71. The van der Waals surface area contributed by atoms with E-state index in [1.165, 1.54) is 22.4 Å². The first-order valence-electron chi connectivity index (χ1n) is 12.2. The Morgan fingerprint density at radius 2 is 2.06 bits per heavy atom. The predicted molar refractivity (Wildman–Crippen MR) is 131 cm³/mol. The summed E-state index contributed by atoms with van der Waals surface area (Å²) in [4.78, 5) is 19.0. The van der Waals surface area contributed by atoms with Gasteiger partial charge in [-0.25, -0.2) is 4.79 Å². The molecular weight excluding hydrogens is 436 g/mol. The monoisotopic (exact) mass is 470 g/mol. The maximum Gasteiger partial charge on any atom is 0.409 e. The Kier molecular flexibility index (Phi) is 7.60. The van der Waals surface area contributed by atoms with Crippen molar-refractivity contribution in [2.24, 2.45) is 5.92 Å². The van der Waals surface area contributed by atoms with E-state index in [-0.39, 0.29) is 24.0 Å². The van der Waals surface area contributed by atoms with Gasteiger partial charge in [0.15, 0.2) is 0 Å². The number of aliphatic hydroxyl groups excluding tert-OH is 1. The average molecular weight is 471 g/mol. The Morgan fingerprint density at radius 3 is 2.79 bits per heavy atom. The molecule has 1 aliphatic heterocycles. The molecule has 0 bridgehead atoms. The van der Waals surface area contributed by atoms with Crippen LogP contribution in [-0.2, 0) is 16.6 Å². The zero-order valence-corrected chi connectivity index (χ0v) is 20.5. The quantitative estimate of drug-likeness (QED) is 0.549. The van der Waals surface area contributed by atoms with Crippen molar-refractivity contribution in [1.82, 2.24) is 9.88 Å². The van der Waals surface area contributed by atoms with Gasteiger partial charge in [-0.05, 0) is 85.3 Å². The third-order valence-electron chi connectivity index (χ3n) is 7.48. The number of likely N-dealkylation sites (tertiary alicyclic amines) is 1. The van der Waals surface area contributed by atoms with Gasteiger partial charge in [0, 0.05) is 36.8 Å². The fourth-order valence-corrected chi connectivity index (χ4v) is 6.00. The summed E-state index contributed by atoms with van der Waals surface area (Å²) >= 11 is 6.53. The molecule has 1 fully saturated rings. The summed E-state index contributed by atoms with van der Waals surface area (Å²) in [6.45, 7) is 6.22. The van der Waals surface area contributed by atoms with E-state index in [1.807, 2.05) is 30.2 Å². The molecule has 1 aromatic carbocycles. The molecule has 2 heterocycles. The molecule has 2 unspecified atom stereocenters. The normalized spacial score (nSPS) is 22.9. The molecule has 0 saturated carbocycles. The van der Waals surface area contributed by atoms with Crippen LogP contribution in [-0.4, -0.2) is 47.4 Å². The number of nitrogens with zero attached hydrogens (tertiary/aromatic N) is 2. The molecule has 2 atom stereocenters. The Morgan fingerprint density at radius 1 is 1.27 bits per heavy atom. The number of unbranched alkanes of at least 4 members (excludes halogenated alkanes) is 1. The van der Waals surface area contributed by atoms with E-state index in [0.29, 0.717) is 25.6 Å². The van der Waals surface area contributed by atoms with E-state index in [0.717, 1.165) is 43.5 Å². The number of halogens is 1. The van der Waals surface area contributed by atoms with Gasteiger partial charge in [0.2, 0.25) is 0 Å². The smallest absolute Gasteiger partial charge is 0.409 e. The Hall–Kier alpha value is -2.11. The number of hydrogen-bond acceptors (Lipinski definition) is 4. The molecule has 1 N–H and O–H groups in total. The first kappa shape index (κ1) is 24.0. The Labute approximate surface area is 202 Å². The van der Waals surface area contributed by atoms with Crippen LogP contribution in [0.2, 0.25) is 5.02 Å². The second-order valence-electron chi connectivity index (χ2n) is 9.70. The van der Waals surface area contributed by atoms with Crippen LogP contribution >= 0.6 is 11.6 Å². The summed E-state index contributed by atoms with van der Waals surface area (Å²) in [7, 11) is 0. The minimum Gasteiger partial charge on any atom is -0.450 e. The molecule has 4 rings (SSSR count). The number of aliphatic hydroxyl groups is 1. The third kappa shape index (κ3) is 5.04. The lowest BCUT2D eigenvalue weighted by Crippen LogP contribution is -2.40. The second-order valence-corrected chi connectivity index (χ2v) is 10.1. The fourth-order valence-electron chi connectivity index (χ4n) is 5.82. The van der Waals surface area contributed by atoms with E-state index >= 15 is 0 Å². The SMILES string of the molecule is CCOC(=O)N1CCC(C2c3ccc(Cl)cc3C(C)(CCCCO)Cc3cccnc32)CC1. The fraction of sp³-hybridized carbons (Fsp3) is 0.556. The van der Waals surface area contributed by atoms with E-state index in [9.17, 15) is 9.90 Å². The topological polar surface area (TPSA) is 62.7 Å². The first-order chi connectivity index (χ1) is 16.0. The number of benzene rings is 1. The minimum atomic E-state index is -0.209. The maximum atomic E-state index is 12.2. The summed E-state index contributed by atoms with van der Waals surface area (Å²) in [6, 6.07) is 10.6. The van der Waals surface area contributed by atoms with Crippen LogP contribution in [0.1, 0.15) is 74.3 Å². The van der Waals surface area contributed by atoms with Gasteiger partial charge in [0.25, 0.3) is 0 Å². The number of carbonyl (C=O) groups excluding carboxylic acids is 1. The molecule has 1 saturated heterocycles. The minimum absolute atomic E-state index is 0.0758. The van der Waals surface area contributed by atoms with Crippen molar-refractivity contribution < 1.29 is 14.6 Å². The summed E-state index contributed by atoms with van der Waals surface area (Å²) in [5, 5.41) is 10.1. The highest BCUT2D eigenvalue weighted by Crippen LogP contribution is 2.48. The van der Waals surface area contributed by atoms with Gasteiger partial charge in [-0.15, -0.1) is 0 Å². The number of fused-ring (bicyclic) bond motifs is 2. The van der Waals surface area contributed by atoms with Gasteiger partial charge in [0.05, 0.1) is 12.3 Å². The largest absolute Gasteiger partial charge is 0.450 e. The lowest BCUT2D eigenvalue weighted by Gasteiger charge is -2.37. The van der Waals surface area contributed by atoms with Crippen molar-refractivity contribution >= 4 is 17.7 Å². The van der Waals surface area contributed by atoms with Crippen LogP contribution in [0.25, 0.3) is 0 Å². The van der Waals surface area contributed by atoms with Crippen LogP contribution in [0.5, 0.6) is 0 Å². The highest BCUT2D eigenvalue weighted by molar-refractivity contribution is 6.30.